The van der Waals surface area contributed by atoms with Crippen LogP contribution >= 0.6 is 11.6 Å². The van der Waals surface area contributed by atoms with Gasteiger partial charge in [-0.2, -0.15) is 5.10 Å². The first-order valence-corrected chi connectivity index (χ1v) is 12.8. The number of fused-ring (bicyclic) bond motifs is 2. The van der Waals surface area contributed by atoms with Gasteiger partial charge in [-0.05, 0) is 43.3 Å². The quantitative estimate of drug-likeness (QED) is 0.298. The summed E-state index contributed by atoms with van der Waals surface area (Å²) in [4.78, 5) is 33.5. The number of hydrogen-bond acceptors (Lipinski definition) is 9. The summed E-state index contributed by atoms with van der Waals surface area (Å²) in [6.07, 6.45) is 5.82. The average molecular weight is 560 g/mol. The summed E-state index contributed by atoms with van der Waals surface area (Å²) in [5.74, 6) is 0.806. The molecule has 1 saturated heterocycles. The fraction of sp³-hybridized carbons (Fsp3) is 0.185. The van der Waals surface area contributed by atoms with Crippen molar-refractivity contribution in [1.29, 1.82) is 0 Å². The number of anilines is 3. The molecule has 40 heavy (non-hydrogen) atoms. The molecule has 13 heteroatoms. The van der Waals surface area contributed by atoms with Gasteiger partial charge >= 0.3 is 0 Å². The molecular weight excluding hydrogens is 537 g/mol. The molecule has 6 rings (SSSR count). The zero-order valence-corrected chi connectivity index (χ0v) is 22.1. The van der Waals surface area contributed by atoms with Crippen LogP contribution < -0.4 is 15.0 Å². The number of rotatable bonds is 6. The van der Waals surface area contributed by atoms with E-state index in [1.54, 1.807) is 33.8 Å². The molecule has 1 aliphatic rings. The Morgan fingerprint density at radius 3 is 2.88 bits per heavy atom. The van der Waals surface area contributed by atoms with E-state index in [2.05, 4.69) is 36.8 Å². The van der Waals surface area contributed by atoms with Gasteiger partial charge in [0.05, 0.1) is 11.2 Å². The highest BCUT2D eigenvalue weighted by Gasteiger charge is 2.27. The molecule has 5 heterocycles. The number of nitrogens with zero attached hydrogens (tertiary/aromatic N) is 8. The molecule has 1 N–H and O–H groups in total. The van der Waals surface area contributed by atoms with Gasteiger partial charge < -0.3 is 19.9 Å². The van der Waals surface area contributed by atoms with E-state index in [1.807, 2.05) is 19.1 Å². The van der Waals surface area contributed by atoms with Crippen molar-refractivity contribution >= 4 is 51.5 Å². The third-order valence-electron chi connectivity index (χ3n) is 6.66. The number of aromatic nitrogens is 6. The highest BCUT2D eigenvalue weighted by atomic mass is 35.5. The first-order chi connectivity index (χ1) is 19.4. The number of hydrogen-bond donors (Lipinski definition) is 1. The van der Waals surface area contributed by atoms with E-state index in [0.717, 1.165) is 0 Å². The second kappa shape index (κ2) is 10.4. The predicted octanol–water partition coefficient (Wildman–Crippen LogP) is 4.62. The Morgan fingerprint density at radius 2 is 2.05 bits per heavy atom. The van der Waals surface area contributed by atoms with Gasteiger partial charge in [0, 0.05) is 37.9 Å². The number of benzene rings is 1. The van der Waals surface area contributed by atoms with Gasteiger partial charge in [-0.1, -0.05) is 18.2 Å². The molecule has 0 bridgehead atoms. The fourth-order valence-electron chi connectivity index (χ4n) is 4.63. The molecule has 0 radical (unpaired) electrons. The topological polar surface area (TPSA) is 114 Å². The van der Waals surface area contributed by atoms with Crippen molar-refractivity contribution in [2.45, 2.75) is 13.0 Å². The van der Waals surface area contributed by atoms with Crippen molar-refractivity contribution in [3.63, 3.8) is 0 Å². The van der Waals surface area contributed by atoms with Crippen molar-refractivity contribution in [3.8, 4) is 11.5 Å². The van der Waals surface area contributed by atoms with Crippen LogP contribution in [-0.2, 0) is 4.79 Å². The maximum absolute atomic E-state index is 15.4. The molecule has 1 aromatic carbocycles. The third-order valence-corrected chi connectivity index (χ3v) is 7.01. The summed E-state index contributed by atoms with van der Waals surface area (Å²) in [6.45, 7) is 7.32. The molecule has 5 aromatic rings. The van der Waals surface area contributed by atoms with Crippen molar-refractivity contribution in [2.24, 2.45) is 0 Å². The molecule has 0 unspecified atom stereocenters. The Bertz CT molecular complexity index is 1760. The van der Waals surface area contributed by atoms with Crippen LogP contribution in [0, 0.1) is 5.82 Å². The van der Waals surface area contributed by atoms with Gasteiger partial charge in [0.25, 0.3) is 0 Å². The van der Waals surface area contributed by atoms with E-state index in [0.29, 0.717) is 53.7 Å². The number of halogens is 2. The van der Waals surface area contributed by atoms with Gasteiger partial charge in [0.1, 0.15) is 40.5 Å². The lowest BCUT2D eigenvalue weighted by atomic mass is 10.2. The fourth-order valence-corrected chi connectivity index (χ4v) is 4.83. The number of pyridine rings is 2. The van der Waals surface area contributed by atoms with Gasteiger partial charge in [-0.3, -0.25) is 4.79 Å². The van der Waals surface area contributed by atoms with E-state index in [1.165, 1.54) is 24.8 Å². The zero-order valence-electron chi connectivity index (χ0n) is 21.3. The standard InChI is InChI=1S/C27H23ClFN9O2/c1-3-23(39)37-11-10-36(13-16(37)2)21-7-5-19-26(35-21)27(32-14-30-19)34-18-4-6-20(24(28)25(18)29)40-17-8-9-38-22(12-17)31-15-33-38/h3-9,12,14-16H,1,10-11,13H2,2H3,(H,30,32,34)/t16-/m0/s1. The van der Waals surface area contributed by atoms with Crippen LogP contribution in [0.25, 0.3) is 16.7 Å². The Balaban J connectivity index is 1.25. The smallest absolute Gasteiger partial charge is 0.246 e. The maximum atomic E-state index is 15.4. The molecular formula is C27H23ClFN9O2. The Morgan fingerprint density at radius 1 is 1.18 bits per heavy atom. The molecule has 11 nitrogen and oxygen atoms in total. The van der Waals surface area contributed by atoms with Crippen LogP contribution in [0.4, 0.5) is 21.7 Å². The number of piperazine rings is 1. The molecule has 1 amide bonds. The normalized spacial score (nSPS) is 15.4. The molecule has 1 aliphatic heterocycles. The summed E-state index contributed by atoms with van der Waals surface area (Å²) < 4.78 is 22.8. The number of amides is 1. The van der Waals surface area contributed by atoms with E-state index in [9.17, 15) is 4.79 Å². The van der Waals surface area contributed by atoms with Crippen molar-refractivity contribution < 1.29 is 13.9 Å². The van der Waals surface area contributed by atoms with Gasteiger partial charge in [0.15, 0.2) is 17.3 Å². The first-order valence-electron chi connectivity index (χ1n) is 12.4. The molecule has 1 atom stereocenters. The largest absolute Gasteiger partial charge is 0.455 e. The molecule has 1 fully saturated rings. The molecule has 4 aromatic heterocycles. The summed E-state index contributed by atoms with van der Waals surface area (Å²) in [5.41, 5.74) is 1.74. The molecule has 0 saturated carbocycles. The first kappa shape index (κ1) is 25.4. The third kappa shape index (κ3) is 4.73. The lowest BCUT2D eigenvalue weighted by Crippen LogP contribution is -2.53. The highest BCUT2D eigenvalue weighted by molar-refractivity contribution is 6.32. The van der Waals surface area contributed by atoms with Crippen LogP contribution in [0.3, 0.4) is 0 Å². The summed E-state index contributed by atoms with van der Waals surface area (Å²) in [6, 6.07) is 10.1. The Kier molecular flexibility index (Phi) is 6.60. The van der Waals surface area contributed by atoms with E-state index >= 15 is 4.39 Å². The van der Waals surface area contributed by atoms with Crippen LogP contribution in [0.15, 0.2) is 67.9 Å². The van der Waals surface area contributed by atoms with E-state index in [4.69, 9.17) is 21.3 Å². The lowest BCUT2D eigenvalue weighted by Gasteiger charge is -2.40. The summed E-state index contributed by atoms with van der Waals surface area (Å²) in [5, 5.41) is 6.85. The van der Waals surface area contributed by atoms with Crippen LogP contribution in [0.1, 0.15) is 6.92 Å². The van der Waals surface area contributed by atoms with Gasteiger partial charge in [-0.15, -0.1) is 0 Å². The van der Waals surface area contributed by atoms with Gasteiger partial charge in [-0.25, -0.2) is 28.8 Å². The summed E-state index contributed by atoms with van der Waals surface area (Å²) in [7, 11) is 0. The number of ether oxygens (including phenoxy) is 1. The minimum absolute atomic E-state index is 0.0170. The Hall–Kier alpha value is -4.84. The summed E-state index contributed by atoms with van der Waals surface area (Å²) >= 11 is 6.35. The van der Waals surface area contributed by atoms with Crippen molar-refractivity contribution in [2.75, 3.05) is 29.9 Å². The van der Waals surface area contributed by atoms with Crippen LogP contribution in [0.2, 0.25) is 5.02 Å². The molecule has 0 spiro atoms. The second-order valence-electron chi connectivity index (χ2n) is 9.18. The zero-order chi connectivity index (χ0) is 27.8. The van der Waals surface area contributed by atoms with Crippen molar-refractivity contribution in [1.82, 2.24) is 34.4 Å². The monoisotopic (exact) mass is 559 g/mol. The number of nitrogens with one attached hydrogen (secondary N) is 1. The van der Waals surface area contributed by atoms with Crippen molar-refractivity contribution in [3.05, 3.63) is 78.7 Å². The highest BCUT2D eigenvalue weighted by Crippen LogP contribution is 2.36. The average Bonchev–Trinajstić information content (AvgIpc) is 3.44. The number of carbonyl (C=O) groups is 1. The predicted molar refractivity (Wildman–Crippen MR) is 149 cm³/mol. The van der Waals surface area contributed by atoms with Crippen LogP contribution in [0.5, 0.6) is 11.5 Å². The SMILES string of the molecule is C=CC(=O)N1CCN(c2ccc3ncnc(Nc4ccc(Oc5ccn6ncnc6c5)c(Cl)c4F)c3n2)C[C@@H]1C. The Labute approximate surface area is 232 Å². The van der Waals surface area contributed by atoms with Gasteiger partial charge in [0.2, 0.25) is 5.91 Å². The molecule has 0 aliphatic carbocycles. The maximum Gasteiger partial charge on any atom is 0.246 e. The molecule has 202 valence electrons. The lowest BCUT2D eigenvalue weighted by molar-refractivity contribution is -0.128. The van der Waals surface area contributed by atoms with E-state index in [-0.39, 0.29) is 28.4 Å². The number of carbonyl (C=O) groups excluding carboxylic acids is 1. The minimum atomic E-state index is -0.706. The van der Waals surface area contributed by atoms with E-state index < -0.39 is 5.82 Å². The van der Waals surface area contributed by atoms with Crippen LogP contribution in [-0.4, -0.2) is 66.0 Å². The minimum Gasteiger partial charge on any atom is -0.455 e. The second-order valence-corrected chi connectivity index (χ2v) is 9.56.